The Kier molecular flexibility index (Phi) is 6.16. The number of amidine groups is 1. The second-order valence-electron chi connectivity index (χ2n) is 9.78. The van der Waals surface area contributed by atoms with Crippen LogP contribution in [0.3, 0.4) is 0 Å². The topological polar surface area (TPSA) is 70.6 Å². The van der Waals surface area contributed by atoms with Gasteiger partial charge in [0.15, 0.2) is 0 Å². The van der Waals surface area contributed by atoms with Crippen LogP contribution in [-0.4, -0.2) is 25.1 Å². The summed E-state index contributed by atoms with van der Waals surface area (Å²) in [6.07, 6.45) is 5.77. The first-order valence-electron chi connectivity index (χ1n) is 10.6. The molecule has 0 aliphatic heterocycles. The number of aldehydes is 1. The quantitative estimate of drug-likeness (QED) is 0.305. The van der Waals surface area contributed by atoms with E-state index in [4.69, 9.17) is 0 Å². The van der Waals surface area contributed by atoms with Gasteiger partial charge >= 0.3 is 0 Å². The number of hydrogen-bond donors (Lipinski definition) is 2. The Bertz CT molecular complexity index is 890. The van der Waals surface area contributed by atoms with E-state index in [2.05, 4.69) is 22.5 Å². The average molecular weight is 414 g/mol. The Morgan fingerprint density at radius 2 is 1.97 bits per heavy atom. The van der Waals surface area contributed by atoms with Gasteiger partial charge in [-0.15, -0.1) is 0 Å². The molecule has 5 nitrogen and oxygen atoms in total. The van der Waals surface area contributed by atoms with Gasteiger partial charge in [0.05, 0.1) is 6.04 Å². The number of nitrogens with one attached hydrogen (secondary N) is 2. The van der Waals surface area contributed by atoms with Crippen molar-refractivity contribution < 1.29 is 14.0 Å². The minimum Gasteiger partial charge on any atom is -0.376 e. The number of rotatable bonds is 7. The zero-order valence-corrected chi connectivity index (χ0v) is 18.5. The van der Waals surface area contributed by atoms with E-state index in [1.54, 1.807) is 7.05 Å². The van der Waals surface area contributed by atoms with Gasteiger partial charge < -0.3 is 10.6 Å². The predicted molar refractivity (Wildman–Crippen MR) is 117 cm³/mol. The van der Waals surface area contributed by atoms with Crippen molar-refractivity contribution in [1.82, 2.24) is 10.6 Å². The van der Waals surface area contributed by atoms with Crippen molar-refractivity contribution in [2.75, 3.05) is 7.05 Å². The maximum atomic E-state index is 14.9. The van der Waals surface area contributed by atoms with Gasteiger partial charge in [-0.2, -0.15) is 0 Å². The van der Waals surface area contributed by atoms with Crippen molar-refractivity contribution in [2.24, 2.45) is 16.3 Å². The molecule has 3 rings (SSSR count). The molecule has 0 radical (unpaired) electrons. The van der Waals surface area contributed by atoms with Gasteiger partial charge in [0.1, 0.15) is 23.6 Å². The van der Waals surface area contributed by atoms with Gasteiger partial charge in [0.2, 0.25) is 0 Å². The summed E-state index contributed by atoms with van der Waals surface area (Å²) in [5, 5.41) is 6.00. The van der Waals surface area contributed by atoms with Crippen LogP contribution in [0.25, 0.3) is 0 Å². The van der Waals surface area contributed by atoms with Crippen molar-refractivity contribution in [3.8, 4) is 0 Å². The highest BCUT2D eigenvalue weighted by Gasteiger charge is 2.41. The first-order chi connectivity index (χ1) is 14.1. The largest absolute Gasteiger partial charge is 0.376 e. The first-order valence-corrected chi connectivity index (χ1v) is 10.6. The Morgan fingerprint density at radius 1 is 1.30 bits per heavy atom. The summed E-state index contributed by atoms with van der Waals surface area (Å²) in [7, 11) is 1.76. The van der Waals surface area contributed by atoms with Crippen LogP contribution in [0.15, 0.2) is 35.0 Å². The maximum absolute atomic E-state index is 14.9. The summed E-state index contributed by atoms with van der Waals surface area (Å²) in [5.74, 6) is 0.332. The smallest absolute Gasteiger partial charge is 0.270 e. The fraction of sp³-hybridized carbons (Fsp3) is 0.542. The maximum Gasteiger partial charge on any atom is 0.270 e. The number of benzene rings is 1. The second-order valence-corrected chi connectivity index (χ2v) is 9.78. The predicted octanol–water partition coefficient (Wildman–Crippen LogP) is 4.19. The van der Waals surface area contributed by atoms with Crippen LogP contribution < -0.4 is 10.6 Å². The molecule has 0 aromatic heterocycles. The van der Waals surface area contributed by atoms with E-state index in [9.17, 15) is 14.0 Å². The SMILES string of the molecule is CN/C(=N\C(=C/C=O)C(=O)NC(c1ccc(C2(C)CC2)c(F)c1)C(C)(C)C)C1CC1. The van der Waals surface area contributed by atoms with Gasteiger partial charge in [0.25, 0.3) is 5.91 Å². The number of aliphatic imine (C=N–C) groups is 1. The molecule has 2 saturated carbocycles. The van der Waals surface area contributed by atoms with E-state index in [-0.39, 0.29) is 22.3 Å². The van der Waals surface area contributed by atoms with Crippen molar-refractivity contribution in [1.29, 1.82) is 0 Å². The number of carbonyl (C=O) groups excluding carboxylic acids is 2. The Hall–Kier alpha value is -2.50. The molecule has 1 unspecified atom stereocenters. The third kappa shape index (κ3) is 4.97. The fourth-order valence-corrected chi connectivity index (χ4v) is 3.73. The van der Waals surface area contributed by atoms with Crippen molar-refractivity contribution in [3.05, 3.63) is 46.9 Å². The molecule has 0 bridgehead atoms. The number of halogens is 1. The third-order valence-electron chi connectivity index (χ3n) is 6.04. The Labute approximate surface area is 178 Å². The molecule has 0 spiro atoms. The van der Waals surface area contributed by atoms with Crippen molar-refractivity contribution in [3.63, 3.8) is 0 Å². The molecule has 2 aliphatic rings. The lowest BCUT2D eigenvalue weighted by atomic mass is 9.81. The van der Waals surface area contributed by atoms with E-state index in [0.717, 1.165) is 31.2 Å². The lowest BCUT2D eigenvalue weighted by molar-refractivity contribution is -0.119. The molecular weight excluding hydrogens is 381 g/mol. The van der Waals surface area contributed by atoms with Crippen molar-refractivity contribution >= 4 is 18.0 Å². The molecule has 1 atom stereocenters. The molecular formula is C24H32FN3O2. The number of hydrogen-bond acceptors (Lipinski definition) is 3. The molecule has 0 heterocycles. The number of amides is 1. The minimum absolute atomic E-state index is 0.0538. The summed E-state index contributed by atoms with van der Waals surface area (Å²) in [6.45, 7) is 8.03. The molecule has 30 heavy (non-hydrogen) atoms. The van der Waals surface area contributed by atoms with Gasteiger partial charge in [-0.3, -0.25) is 9.59 Å². The molecule has 1 amide bonds. The Balaban J connectivity index is 1.87. The van der Waals surface area contributed by atoms with E-state index in [1.165, 1.54) is 12.1 Å². The molecule has 1 aromatic carbocycles. The average Bonchev–Trinajstić information content (AvgIpc) is 3.59. The zero-order valence-electron chi connectivity index (χ0n) is 18.5. The zero-order chi connectivity index (χ0) is 22.1. The van der Waals surface area contributed by atoms with E-state index >= 15 is 0 Å². The normalized spacial score (nSPS) is 19.8. The van der Waals surface area contributed by atoms with Crippen molar-refractivity contribution in [2.45, 2.75) is 64.8 Å². The van der Waals surface area contributed by atoms with Crippen LogP contribution in [0.2, 0.25) is 0 Å². The van der Waals surface area contributed by atoms with Crippen LogP contribution in [0.5, 0.6) is 0 Å². The van der Waals surface area contributed by atoms with E-state index < -0.39 is 11.9 Å². The van der Waals surface area contributed by atoms with E-state index in [1.807, 2.05) is 32.9 Å². The van der Waals surface area contributed by atoms with Crippen LogP contribution in [0.4, 0.5) is 4.39 Å². The summed E-state index contributed by atoms with van der Waals surface area (Å²) in [4.78, 5) is 28.5. The highest BCUT2D eigenvalue weighted by molar-refractivity contribution is 6.00. The first kappa shape index (κ1) is 22.2. The summed E-state index contributed by atoms with van der Waals surface area (Å²) >= 11 is 0. The van der Waals surface area contributed by atoms with Gasteiger partial charge in [-0.05, 0) is 53.7 Å². The molecule has 162 valence electrons. The summed E-state index contributed by atoms with van der Waals surface area (Å²) in [6, 6.07) is 4.83. The summed E-state index contributed by atoms with van der Waals surface area (Å²) in [5.41, 5.74) is 1.06. The van der Waals surface area contributed by atoms with Crippen LogP contribution in [0.1, 0.15) is 70.5 Å². The van der Waals surface area contributed by atoms with Gasteiger partial charge in [-0.25, -0.2) is 9.38 Å². The standard InChI is InChI=1S/C24H32FN3O2/c1-23(2,3)20(16-8-9-17(18(25)14-16)24(4)11-12-24)28-22(30)19(10-13-29)27-21(26-5)15-6-7-15/h8-10,13-15,20H,6-7,11-12H2,1-5H3,(H,26,27)(H,28,30)/b19-10-. The molecule has 2 N–H and O–H groups in total. The number of allylic oxidation sites excluding steroid dienone is 1. The second kappa shape index (κ2) is 8.32. The molecule has 6 heteroatoms. The highest BCUT2D eigenvalue weighted by atomic mass is 19.1. The minimum atomic E-state index is -0.450. The summed E-state index contributed by atoms with van der Waals surface area (Å²) < 4.78 is 14.9. The Morgan fingerprint density at radius 3 is 2.43 bits per heavy atom. The number of carbonyl (C=O) groups is 2. The van der Waals surface area contributed by atoms with Gasteiger partial charge in [-0.1, -0.05) is 39.8 Å². The van der Waals surface area contributed by atoms with Crippen LogP contribution >= 0.6 is 0 Å². The third-order valence-corrected chi connectivity index (χ3v) is 6.04. The molecule has 2 fully saturated rings. The molecule has 2 aliphatic carbocycles. The fourth-order valence-electron chi connectivity index (χ4n) is 3.73. The molecule has 1 aromatic rings. The molecule has 0 saturated heterocycles. The van der Waals surface area contributed by atoms with E-state index in [0.29, 0.717) is 23.6 Å². The highest BCUT2D eigenvalue weighted by Crippen LogP contribution is 2.49. The van der Waals surface area contributed by atoms with Crippen LogP contribution in [-0.2, 0) is 15.0 Å². The van der Waals surface area contributed by atoms with Gasteiger partial charge in [0, 0.05) is 19.0 Å². The lowest BCUT2D eigenvalue weighted by Crippen LogP contribution is -2.37. The van der Waals surface area contributed by atoms with Crippen LogP contribution in [0, 0.1) is 17.2 Å². The number of nitrogens with zero attached hydrogens (tertiary/aromatic N) is 1. The monoisotopic (exact) mass is 413 g/mol. The lowest BCUT2D eigenvalue weighted by Gasteiger charge is -2.32.